The monoisotopic (exact) mass is 254 g/mol. The number of nitrogens with one attached hydrogen (secondary N) is 1. The van der Waals surface area contributed by atoms with E-state index >= 15 is 0 Å². The van der Waals surface area contributed by atoms with E-state index in [1.165, 1.54) is 0 Å². The Labute approximate surface area is 108 Å². The lowest BCUT2D eigenvalue weighted by Gasteiger charge is -2.06. The molecule has 0 aromatic carbocycles. The molecule has 1 N–H and O–H groups in total. The van der Waals surface area contributed by atoms with Gasteiger partial charge in [-0.05, 0) is 25.0 Å². The van der Waals surface area contributed by atoms with Crippen LogP contribution in [0.3, 0.4) is 0 Å². The van der Waals surface area contributed by atoms with E-state index in [9.17, 15) is 0 Å². The second-order valence-electron chi connectivity index (χ2n) is 3.82. The van der Waals surface area contributed by atoms with E-state index in [2.05, 4.69) is 10.3 Å². The number of hydrogen-bond acceptors (Lipinski definition) is 5. The third-order valence-corrected chi connectivity index (χ3v) is 2.43. The van der Waals surface area contributed by atoms with Crippen molar-refractivity contribution in [1.82, 2.24) is 4.98 Å². The molecule has 0 saturated carbocycles. The lowest BCUT2D eigenvalue weighted by molar-refractivity contribution is 0.0691. The number of aromatic nitrogens is 1. The van der Waals surface area contributed by atoms with Gasteiger partial charge in [-0.2, -0.15) is 0 Å². The average Bonchev–Trinajstić information content (AvgIpc) is 2.42. The van der Waals surface area contributed by atoms with Gasteiger partial charge in [-0.25, -0.2) is 4.98 Å². The predicted molar refractivity (Wildman–Crippen MR) is 71.2 cm³/mol. The first-order valence-electron chi connectivity index (χ1n) is 6.17. The first kappa shape index (κ1) is 14.7. The quantitative estimate of drug-likeness (QED) is 0.647. The molecule has 0 unspecified atom stereocenters. The molecule has 5 nitrogen and oxygen atoms in total. The van der Waals surface area contributed by atoms with Crippen LogP contribution >= 0.6 is 0 Å². The number of unbranched alkanes of at least 4 members (excludes halogenated alkanes) is 1. The molecule has 1 heterocycles. The van der Waals surface area contributed by atoms with Crippen LogP contribution in [0.5, 0.6) is 5.75 Å². The topological polar surface area (TPSA) is 52.6 Å². The summed E-state index contributed by atoms with van der Waals surface area (Å²) in [6, 6.07) is 3.80. The van der Waals surface area contributed by atoms with Crippen molar-refractivity contribution in [3.63, 3.8) is 0 Å². The summed E-state index contributed by atoms with van der Waals surface area (Å²) in [7, 11) is 3.31. The Kier molecular flexibility index (Phi) is 7.92. The first-order valence-corrected chi connectivity index (χ1v) is 6.17. The summed E-state index contributed by atoms with van der Waals surface area (Å²) in [6.07, 6.45) is 3.80. The van der Waals surface area contributed by atoms with E-state index in [4.69, 9.17) is 14.2 Å². The summed E-state index contributed by atoms with van der Waals surface area (Å²) >= 11 is 0. The van der Waals surface area contributed by atoms with Gasteiger partial charge in [-0.15, -0.1) is 0 Å². The summed E-state index contributed by atoms with van der Waals surface area (Å²) in [4.78, 5) is 4.22. The Morgan fingerprint density at radius 3 is 2.67 bits per heavy atom. The van der Waals surface area contributed by atoms with Crippen molar-refractivity contribution in [2.45, 2.75) is 12.8 Å². The average molecular weight is 254 g/mol. The molecule has 5 heteroatoms. The van der Waals surface area contributed by atoms with Gasteiger partial charge in [0.2, 0.25) is 0 Å². The molecule has 0 aliphatic carbocycles. The third-order valence-electron chi connectivity index (χ3n) is 2.43. The number of ether oxygens (including phenoxy) is 3. The normalized spacial score (nSPS) is 10.3. The zero-order valence-corrected chi connectivity index (χ0v) is 11.1. The van der Waals surface area contributed by atoms with Crippen LogP contribution in [-0.2, 0) is 9.47 Å². The molecule has 1 rings (SSSR count). The highest BCUT2D eigenvalue weighted by atomic mass is 16.5. The van der Waals surface area contributed by atoms with Crippen LogP contribution < -0.4 is 10.1 Å². The second-order valence-corrected chi connectivity index (χ2v) is 3.82. The number of anilines is 1. The predicted octanol–water partition coefficient (Wildman–Crippen LogP) is 1.95. The molecule has 0 amide bonds. The minimum absolute atomic E-state index is 0.661. The highest BCUT2D eigenvalue weighted by molar-refractivity contribution is 5.37. The summed E-state index contributed by atoms with van der Waals surface area (Å²) in [5.74, 6) is 1.64. The lowest BCUT2D eigenvalue weighted by Crippen LogP contribution is -2.06. The molecule has 0 saturated heterocycles. The molecule has 18 heavy (non-hydrogen) atoms. The van der Waals surface area contributed by atoms with E-state index in [0.717, 1.165) is 37.6 Å². The molecule has 102 valence electrons. The van der Waals surface area contributed by atoms with E-state index in [1.54, 1.807) is 20.4 Å². The van der Waals surface area contributed by atoms with Crippen LogP contribution in [0.4, 0.5) is 5.82 Å². The fourth-order valence-corrected chi connectivity index (χ4v) is 1.40. The van der Waals surface area contributed by atoms with Crippen LogP contribution in [0.25, 0.3) is 0 Å². The Morgan fingerprint density at radius 2 is 2.00 bits per heavy atom. The van der Waals surface area contributed by atoms with Crippen molar-refractivity contribution in [2.75, 3.05) is 45.9 Å². The summed E-state index contributed by atoms with van der Waals surface area (Å²) in [5.41, 5.74) is 0. The third kappa shape index (κ3) is 6.42. The van der Waals surface area contributed by atoms with E-state index in [-0.39, 0.29) is 0 Å². The zero-order valence-electron chi connectivity index (χ0n) is 11.1. The standard InChI is InChI=1S/C13H22N2O3/c1-16-9-10-18-8-4-3-7-14-13-6-5-12(17-2)11-15-13/h5-6,11H,3-4,7-10H2,1-2H3,(H,14,15). The van der Waals surface area contributed by atoms with Crippen molar-refractivity contribution >= 4 is 5.82 Å². The number of methoxy groups -OCH3 is 2. The molecular weight excluding hydrogens is 232 g/mol. The van der Waals surface area contributed by atoms with Gasteiger partial charge in [0.25, 0.3) is 0 Å². The van der Waals surface area contributed by atoms with Crippen LogP contribution in [0, 0.1) is 0 Å². The maximum atomic E-state index is 5.37. The van der Waals surface area contributed by atoms with Gasteiger partial charge >= 0.3 is 0 Å². The highest BCUT2D eigenvalue weighted by Gasteiger charge is 1.95. The summed E-state index contributed by atoms with van der Waals surface area (Å²) in [5, 5.41) is 3.25. The van der Waals surface area contributed by atoms with Crippen LogP contribution in [0.1, 0.15) is 12.8 Å². The fraction of sp³-hybridized carbons (Fsp3) is 0.615. The second kappa shape index (κ2) is 9.67. The van der Waals surface area contributed by atoms with Gasteiger partial charge in [0.05, 0.1) is 26.5 Å². The Morgan fingerprint density at radius 1 is 1.11 bits per heavy atom. The fourth-order valence-electron chi connectivity index (χ4n) is 1.40. The minimum atomic E-state index is 0.661. The van der Waals surface area contributed by atoms with Crippen molar-refractivity contribution in [3.8, 4) is 5.75 Å². The minimum Gasteiger partial charge on any atom is -0.495 e. The van der Waals surface area contributed by atoms with Gasteiger partial charge in [-0.1, -0.05) is 0 Å². The van der Waals surface area contributed by atoms with Crippen molar-refractivity contribution in [2.24, 2.45) is 0 Å². The molecule has 1 aromatic rings. The maximum Gasteiger partial charge on any atom is 0.137 e. The molecule has 0 aliphatic heterocycles. The van der Waals surface area contributed by atoms with Crippen molar-refractivity contribution in [3.05, 3.63) is 18.3 Å². The number of pyridine rings is 1. The van der Waals surface area contributed by atoms with E-state index in [0.29, 0.717) is 13.2 Å². The number of hydrogen-bond donors (Lipinski definition) is 1. The van der Waals surface area contributed by atoms with Gasteiger partial charge in [0, 0.05) is 20.3 Å². The number of rotatable bonds is 10. The van der Waals surface area contributed by atoms with Crippen LogP contribution in [-0.4, -0.2) is 45.6 Å². The number of nitrogens with zero attached hydrogens (tertiary/aromatic N) is 1. The lowest BCUT2D eigenvalue weighted by atomic mass is 10.3. The summed E-state index contributed by atoms with van der Waals surface area (Å²) in [6.45, 7) is 3.01. The SMILES string of the molecule is COCCOCCCCNc1ccc(OC)cn1. The van der Waals surface area contributed by atoms with Gasteiger partial charge < -0.3 is 19.5 Å². The largest absolute Gasteiger partial charge is 0.495 e. The van der Waals surface area contributed by atoms with Crippen LogP contribution in [0.2, 0.25) is 0 Å². The molecule has 0 atom stereocenters. The molecule has 0 bridgehead atoms. The molecular formula is C13H22N2O3. The Hall–Kier alpha value is -1.33. The van der Waals surface area contributed by atoms with Gasteiger partial charge in [0.1, 0.15) is 11.6 Å². The molecule has 0 radical (unpaired) electrons. The van der Waals surface area contributed by atoms with Gasteiger partial charge in [0.15, 0.2) is 0 Å². The maximum absolute atomic E-state index is 5.37. The Bertz CT molecular complexity index is 304. The van der Waals surface area contributed by atoms with Crippen molar-refractivity contribution < 1.29 is 14.2 Å². The van der Waals surface area contributed by atoms with E-state index < -0.39 is 0 Å². The molecule has 0 fully saturated rings. The smallest absolute Gasteiger partial charge is 0.137 e. The van der Waals surface area contributed by atoms with Gasteiger partial charge in [-0.3, -0.25) is 0 Å². The van der Waals surface area contributed by atoms with Crippen molar-refractivity contribution in [1.29, 1.82) is 0 Å². The zero-order chi connectivity index (χ0) is 13.1. The van der Waals surface area contributed by atoms with E-state index in [1.807, 2.05) is 12.1 Å². The Balaban J connectivity index is 2.00. The molecule has 1 aromatic heterocycles. The first-order chi connectivity index (χ1) is 8.86. The molecule has 0 aliphatic rings. The van der Waals surface area contributed by atoms with Crippen LogP contribution in [0.15, 0.2) is 18.3 Å². The summed E-state index contributed by atoms with van der Waals surface area (Å²) < 4.78 is 15.3. The molecule has 0 spiro atoms. The highest BCUT2D eigenvalue weighted by Crippen LogP contribution is 2.10.